The van der Waals surface area contributed by atoms with E-state index < -0.39 is 5.97 Å². The molecular weight excluding hydrogens is 258 g/mol. The molecule has 1 aromatic heterocycles. The van der Waals surface area contributed by atoms with Gasteiger partial charge in [-0.15, -0.1) is 11.3 Å². The number of hydrogen-bond donors (Lipinski definition) is 3. The summed E-state index contributed by atoms with van der Waals surface area (Å²) in [5, 5.41) is 15.4. The third-order valence-corrected chi connectivity index (χ3v) is 2.54. The van der Waals surface area contributed by atoms with E-state index in [0.29, 0.717) is 13.1 Å². The fraction of sp³-hybridized carbons (Fsp3) is 0.500. The number of nitrogens with one attached hydrogen (secondary N) is 2. The van der Waals surface area contributed by atoms with Crippen molar-refractivity contribution in [3.8, 4) is 0 Å². The zero-order valence-corrected chi connectivity index (χ0v) is 10.5. The fourth-order valence-corrected chi connectivity index (χ4v) is 1.61. The van der Waals surface area contributed by atoms with E-state index in [9.17, 15) is 9.59 Å². The molecule has 18 heavy (non-hydrogen) atoms. The van der Waals surface area contributed by atoms with Gasteiger partial charge < -0.3 is 20.5 Å². The highest BCUT2D eigenvalue weighted by Crippen LogP contribution is 1.99. The minimum Gasteiger partial charge on any atom is -0.481 e. The van der Waals surface area contributed by atoms with Crippen molar-refractivity contribution < 1.29 is 19.4 Å². The zero-order valence-electron chi connectivity index (χ0n) is 9.72. The summed E-state index contributed by atoms with van der Waals surface area (Å²) in [5.74, 6) is -0.899. The van der Waals surface area contributed by atoms with Crippen LogP contribution in [0.25, 0.3) is 0 Å². The number of carboxylic acid groups (broad SMARTS) is 1. The highest BCUT2D eigenvalue weighted by molar-refractivity contribution is 7.07. The van der Waals surface area contributed by atoms with Crippen molar-refractivity contribution in [3.05, 3.63) is 16.6 Å². The first-order valence-corrected chi connectivity index (χ1v) is 6.31. The molecule has 0 saturated carbocycles. The predicted octanol–water partition coefficient (Wildman–Crippen LogP) is 0.434. The number of hydrogen-bond acceptors (Lipinski definition) is 5. The number of carbonyl (C=O) groups is 2. The Bertz CT molecular complexity index is 369. The van der Waals surface area contributed by atoms with Gasteiger partial charge in [0.2, 0.25) is 0 Å². The van der Waals surface area contributed by atoms with Crippen LogP contribution in [-0.4, -0.2) is 41.8 Å². The number of ether oxygens (including phenoxy) is 1. The number of amides is 2. The van der Waals surface area contributed by atoms with E-state index in [1.807, 2.05) is 5.38 Å². The predicted molar refractivity (Wildman–Crippen MR) is 65.4 cm³/mol. The molecule has 0 unspecified atom stereocenters. The number of urea groups is 1. The van der Waals surface area contributed by atoms with Crippen molar-refractivity contribution in [2.24, 2.45) is 0 Å². The van der Waals surface area contributed by atoms with Crippen LogP contribution in [0.1, 0.15) is 12.1 Å². The molecule has 0 aliphatic heterocycles. The Morgan fingerprint density at radius 3 is 2.89 bits per heavy atom. The molecule has 0 bridgehead atoms. The molecular formula is C10H15N3O4S. The van der Waals surface area contributed by atoms with Crippen molar-refractivity contribution >= 4 is 23.3 Å². The summed E-state index contributed by atoms with van der Waals surface area (Å²) in [6, 6.07) is -0.301. The van der Waals surface area contributed by atoms with E-state index in [1.165, 1.54) is 11.3 Å². The van der Waals surface area contributed by atoms with E-state index in [1.54, 1.807) is 5.51 Å². The Kier molecular flexibility index (Phi) is 6.74. The van der Waals surface area contributed by atoms with Crippen LogP contribution < -0.4 is 10.6 Å². The monoisotopic (exact) mass is 273 g/mol. The lowest BCUT2D eigenvalue weighted by Gasteiger charge is -2.06. The second-order valence-corrected chi connectivity index (χ2v) is 4.06. The first-order valence-electron chi connectivity index (χ1n) is 5.37. The molecule has 0 aliphatic rings. The van der Waals surface area contributed by atoms with Gasteiger partial charge in [0.05, 0.1) is 37.4 Å². The van der Waals surface area contributed by atoms with Crippen molar-refractivity contribution in [2.75, 3.05) is 19.8 Å². The Labute approximate surface area is 108 Å². The Hall–Kier alpha value is -1.67. The highest BCUT2D eigenvalue weighted by Gasteiger charge is 2.01. The van der Waals surface area contributed by atoms with Crippen LogP contribution in [0.3, 0.4) is 0 Å². The second kappa shape index (κ2) is 8.43. The van der Waals surface area contributed by atoms with E-state index in [-0.39, 0.29) is 25.7 Å². The fourth-order valence-electron chi connectivity index (χ4n) is 1.06. The molecule has 0 atom stereocenters. The molecule has 1 aromatic rings. The number of nitrogens with zero attached hydrogens (tertiary/aromatic N) is 1. The van der Waals surface area contributed by atoms with E-state index >= 15 is 0 Å². The van der Waals surface area contributed by atoms with Crippen LogP contribution in [0.15, 0.2) is 10.9 Å². The summed E-state index contributed by atoms with van der Waals surface area (Å²) < 4.78 is 5.01. The molecule has 0 fully saturated rings. The van der Waals surface area contributed by atoms with Gasteiger partial charge in [-0.1, -0.05) is 0 Å². The van der Waals surface area contributed by atoms with E-state index in [2.05, 4.69) is 15.6 Å². The molecule has 7 nitrogen and oxygen atoms in total. The van der Waals surface area contributed by atoms with Crippen molar-refractivity contribution in [1.82, 2.24) is 15.6 Å². The summed E-state index contributed by atoms with van der Waals surface area (Å²) in [6.45, 7) is 1.16. The Morgan fingerprint density at radius 2 is 2.22 bits per heavy atom. The van der Waals surface area contributed by atoms with Crippen molar-refractivity contribution in [1.29, 1.82) is 0 Å². The summed E-state index contributed by atoms with van der Waals surface area (Å²) >= 11 is 1.47. The SMILES string of the molecule is O=C(O)CCOCCNC(=O)NCc1cscn1. The van der Waals surface area contributed by atoms with Crippen LogP contribution in [0, 0.1) is 0 Å². The van der Waals surface area contributed by atoms with Gasteiger partial charge in [-0.2, -0.15) is 0 Å². The molecule has 1 heterocycles. The largest absolute Gasteiger partial charge is 0.481 e. The first-order chi connectivity index (χ1) is 8.68. The maximum Gasteiger partial charge on any atom is 0.315 e. The van der Waals surface area contributed by atoms with E-state index in [0.717, 1.165) is 5.69 Å². The molecule has 0 aromatic carbocycles. The molecule has 0 aliphatic carbocycles. The molecule has 0 spiro atoms. The lowest BCUT2D eigenvalue weighted by atomic mass is 10.5. The Balaban J connectivity index is 1.95. The van der Waals surface area contributed by atoms with Gasteiger partial charge in [0.25, 0.3) is 0 Å². The number of thiazole rings is 1. The normalized spacial score (nSPS) is 10.0. The summed E-state index contributed by atoms with van der Waals surface area (Å²) in [4.78, 5) is 25.5. The number of aromatic nitrogens is 1. The molecule has 2 amide bonds. The Morgan fingerprint density at radius 1 is 1.39 bits per heavy atom. The maximum atomic E-state index is 11.3. The summed E-state index contributed by atoms with van der Waals surface area (Å²) in [6.07, 6.45) is -0.0317. The average molecular weight is 273 g/mol. The minimum absolute atomic E-state index is 0.0317. The molecule has 0 saturated heterocycles. The van der Waals surface area contributed by atoms with Crippen LogP contribution in [0.5, 0.6) is 0 Å². The molecule has 8 heteroatoms. The van der Waals surface area contributed by atoms with Gasteiger partial charge in [0.1, 0.15) is 0 Å². The van der Waals surface area contributed by atoms with Crippen LogP contribution in [0.4, 0.5) is 4.79 Å². The quantitative estimate of drug-likeness (QED) is 0.596. The number of aliphatic carboxylic acids is 1. The van der Waals surface area contributed by atoms with Crippen LogP contribution in [-0.2, 0) is 16.1 Å². The molecule has 0 radical (unpaired) electrons. The zero-order chi connectivity index (χ0) is 13.2. The van der Waals surface area contributed by atoms with Gasteiger partial charge in [0.15, 0.2) is 0 Å². The van der Waals surface area contributed by atoms with Gasteiger partial charge in [-0.3, -0.25) is 4.79 Å². The number of carboxylic acids is 1. The van der Waals surface area contributed by atoms with Crippen molar-refractivity contribution in [2.45, 2.75) is 13.0 Å². The van der Waals surface area contributed by atoms with Crippen molar-refractivity contribution in [3.63, 3.8) is 0 Å². The lowest BCUT2D eigenvalue weighted by molar-refractivity contribution is -0.138. The third-order valence-electron chi connectivity index (χ3n) is 1.91. The average Bonchev–Trinajstić information content (AvgIpc) is 2.83. The highest BCUT2D eigenvalue weighted by atomic mass is 32.1. The van der Waals surface area contributed by atoms with Gasteiger partial charge in [-0.05, 0) is 0 Å². The molecule has 1 rings (SSSR count). The number of carbonyl (C=O) groups excluding carboxylic acids is 1. The second-order valence-electron chi connectivity index (χ2n) is 3.35. The molecule has 3 N–H and O–H groups in total. The standard InChI is InChI=1S/C10H15N3O4S/c14-9(15)1-3-17-4-2-11-10(16)12-5-8-6-18-7-13-8/h6-7H,1-5H2,(H,14,15)(H2,11,12,16). The minimum atomic E-state index is -0.899. The summed E-state index contributed by atoms with van der Waals surface area (Å²) in [5.41, 5.74) is 2.51. The van der Waals surface area contributed by atoms with Crippen LogP contribution >= 0.6 is 11.3 Å². The summed E-state index contributed by atoms with van der Waals surface area (Å²) in [7, 11) is 0. The van der Waals surface area contributed by atoms with Gasteiger partial charge in [0, 0.05) is 11.9 Å². The topological polar surface area (TPSA) is 101 Å². The van der Waals surface area contributed by atoms with E-state index in [4.69, 9.17) is 9.84 Å². The molecule has 100 valence electrons. The first kappa shape index (κ1) is 14.4. The maximum absolute atomic E-state index is 11.3. The van der Waals surface area contributed by atoms with Gasteiger partial charge >= 0.3 is 12.0 Å². The van der Waals surface area contributed by atoms with Gasteiger partial charge in [-0.25, -0.2) is 9.78 Å². The third kappa shape index (κ3) is 6.81. The van der Waals surface area contributed by atoms with Crippen LogP contribution in [0.2, 0.25) is 0 Å². The smallest absolute Gasteiger partial charge is 0.315 e. The lowest BCUT2D eigenvalue weighted by Crippen LogP contribution is -2.37. The number of rotatable bonds is 8.